The average Bonchev–Trinajstić information content (AvgIpc) is 2.54. The van der Waals surface area contributed by atoms with Crippen molar-refractivity contribution in [1.29, 1.82) is 5.26 Å². The Morgan fingerprint density at radius 1 is 1.14 bits per heavy atom. The molecule has 2 aromatic rings. The van der Waals surface area contributed by atoms with Gasteiger partial charge in [-0.05, 0) is 30.9 Å². The Hall–Kier alpha value is -2.41. The number of benzene rings is 1. The molecule has 0 saturated carbocycles. The second kappa shape index (κ2) is 6.85. The van der Waals surface area contributed by atoms with E-state index in [4.69, 9.17) is 0 Å². The van der Waals surface area contributed by atoms with E-state index in [0.29, 0.717) is 11.4 Å². The van der Waals surface area contributed by atoms with Crippen LogP contribution < -0.4 is 5.32 Å². The highest BCUT2D eigenvalue weighted by Gasteiger charge is 2.16. The molecule has 1 atom stereocenters. The van der Waals surface area contributed by atoms with Crippen LogP contribution in [0.15, 0.2) is 30.3 Å². The molecule has 4 heteroatoms. The van der Waals surface area contributed by atoms with E-state index < -0.39 is 0 Å². The highest BCUT2D eigenvalue weighted by atomic mass is 15.2. The van der Waals surface area contributed by atoms with Crippen LogP contribution in [0.4, 0.5) is 5.82 Å². The van der Waals surface area contributed by atoms with Crippen molar-refractivity contribution in [3.8, 4) is 6.07 Å². The summed E-state index contributed by atoms with van der Waals surface area (Å²) in [6, 6.07) is 12.5. The molecule has 0 aliphatic rings. The second-order valence-corrected chi connectivity index (χ2v) is 4.94. The molecule has 2 rings (SSSR count). The van der Waals surface area contributed by atoms with Crippen molar-refractivity contribution < 1.29 is 0 Å². The van der Waals surface area contributed by atoms with Gasteiger partial charge in [-0.15, -0.1) is 5.10 Å². The molecule has 108 valence electrons. The minimum absolute atomic E-state index is 0.0739. The van der Waals surface area contributed by atoms with Gasteiger partial charge in [-0.1, -0.05) is 44.2 Å². The first-order valence-electron chi connectivity index (χ1n) is 7.31. The summed E-state index contributed by atoms with van der Waals surface area (Å²) < 4.78 is 0. The Kier molecular flexibility index (Phi) is 4.89. The van der Waals surface area contributed by atoms with Gasteiger partial charge < -0.3 is 5.32 Å². The molecule has 0 amide bonds. The van der Waals surface area contributed by atoms with Crippen LogP contribution in [0.1, 0.15) is 49.2 Å². The molecule has 1 aromatic carbocycles. The van der Waals surface area contributed by atoms with Crippen LogP contribution in [-0.2, 0) is 12.8 Å². The maximum absolute atomic E-state index is 9.48. The van der Waals surface area contributed by atoms with Crippen molar-refractivity contribution in [3.05, 3.63) is 52.7 Å². The smallest absolute Gasteiger partial charge is 0.167 e. The third kappa shape index (κ3) is 3.19. The maximum atomic E-state index is 9.48. The fourth-order valence-electron chi connectivity index (χ4n) is 2.42. The largest absolute Gasteiger partial charge is 0.361 e. The topological polar surface area (TPSA) is 61.6 Å². The van der Waals surface area contributed by atoms with Gasteiger partial charge >= 0.3 is 0 Å². The molecule has 0 saturated heterocycles. The summed E-state index contributed by atoms with van der Waals surface area (Å²) in [7, 11) is 0. The Bertz CT molecular complexity index is 644. The van der Waals surface area contributed by atoms with E-state index >= 15 is 0 Å². The van der Waals surface area contributed by atoms with E-state index in [1.54, 1.807) is 0 Å². The number of aryl methyl sites for hydroxylation is 1. The Morgan fingerprint density at radius 3 is 2.43 bits per heavy atom. The van der Waals surface area contributed by atoms with Crippen LogP contribution in [0.25, 0.3) is 0 Å². The second-order valence-electron chi connectivity index (χ2n) is 4.94. The SMILES string of the molecule is CCc1nnc(NC(C)c2ccccc2)c(C#N)c1CC. The van der Waals surface area contributed by atoms with E-state index in [1.807, 2.05) is 32.0 Å². The Balaban J connectivity index is 2.35. The van der Waals surface area contributed by atoms with Gasteiger partial charge in [0.05, 0.1) is 11.7 Å². The third-order valence-corrected chi connectivity index (χ3v) is 3.61. The fourth-order valence-corrected chi connectivity index (χ4v) is 2.42. The van der Waals surface area contributed by atoms with Gasteiger partial charge in [0.1, 0.15) is 11.6 Å². The van der Waals surface area contributed by atoms with E-state index in [-0.39, 0.29) is 6.04 Å². The summed E-state index contributed by atoms with van der Waals surface area (Å²) >= 11 is 0. The summed E-state index contributed by atoms with van der Waals surface area (Å²) in [6.45, 7) is 6.13. The number of hydrogen-bond acceptors (Lipinski definition) is 4. The quantitative estimate of drug-likeness (QED) is 0.908. The standard InChI is InChI=1S/C17H20N4/c1-4-14-15(11-18)17(21-20-16(14)5-2)19-12(3)13-9-7-6-8-10-13/h6-10,12H,4-5H2,1-3H3,(H,19,21). The first-order chi connectivity index (χ1) is 10.2. The first-order valence-corrected chi connectivity index (χ1v) is 7.31. The molecular formula is C17H20N4. The number of nitrogens with one attached hydrogen (secondary N) is 1. The minimum atomic E-state index is 0.0739. The maximum Gasteiger partial charge on any atom is 0.167 e. The van der Waals surface area contributed by atoms with E-state index in [1.165, 1.54) is 0 Å². The van der Waals surface area contributed by atoms with Crippen LogP contribution in [0.3, 0.4) is 0 Å². The van der Waals surface area contributed by atoms with Crippen molar-refractivity contribution in [3.63, 3.8) is 0 Å². The molecule has 1 heterocycles. The monoisotopic (exact) mass is 280 g/mol. The zero-order valence-corrected chi connectivity index (χ0v) is 12.7. The van der Waals surface area contributed by atoms with Crippen molar-refractivity contribution in [1.82, 2.24) is 10.2 Å². The van der Waals surface area contributed by atoms with Gasteiger partial charge in [0.25, 0.3) is 0 Å². The summed E-state index contributed by atoms with van der Waals surface area (Å²) in [5.74, 6) is 0.572. The summed E-state index contributed by atoms with van der Waals surface area (Å²) in [5, 5.41) is 21.3. The molecule has 0 bridgehead atoms. The van der Waals surface area contributed by atoms with Crippen molar-refractivity contribution >= 4 is 5.82 Å². The summed E-state index contributed by atoms with van der Waals surface area (Å²) in [6.07, 6.45) is 1.58. The number of anilines is 1. The predicted molar refractivity (Wildman–Crippen MR) is 84.0 cm³/mol. The zero-order chi connectivity index (χ0) is 15.2. The highest BCUT2D eigenvalue weighted by Crippen LogP contribution is 2.24. The highest BCUT2D eigenvalue weighted by molar-refractivity contribution is 5.57. The van der Waals surface area contributed by atoms with Crippen LogP contribution in [0.2, 0.25) is 0 Å². The molecule has 0 aliphatic heterocycles. The minimum Gasteiger partial charge on any atom is -0.361 e. The lowest BCUT2D eigenvalue weighted by atomic mass is 10.0. The number of hydrogen-bond donors (Lipinski definition) is 1. The zero-order valence-electron chi connectivity index (χ0n) is 12.7. The van der Waals surface area contributed by atoms with Gasteiger partial charge in [0.2, 0.25) is 0 Å². The third-order valence-electron chi connectivity index (χ3n) is 3.61. The molecule has 1 unspecified atom stereocenters. The Morgan fingerprint density at radius 2 is 1.86 bits per heavy atom. The molecule has 4 nitrogen and oxygen atoms in total. The lowest BCUT2D eigenvalue weighted by Gasteiger charge is -2.17. The van der Waals surface area contributed by atoms with Gasteiger partial charge in [-0.25, -0.2) is 0 Å². The fraction of sp³-hybridized carbons (Fsp3) is 0.353. The van der Waals surface area contributed by atoms with Crippen molar-refractivity contribution in [2.75, 3.05) is 5.32 Å². The molecular weight excluding hydrogens is 260 g/mol. The molecule has 0 aliphatic carbocycles. The summed E-state index contributed by atoms with van der Waals surface area (Å²) in [5.41, 5.74) is 3.68. The molecule has 0 radical (unpaired) electrons. The van der Waals surface area contributed by atoms with Gasteiger partial charge in [-0.3, -0.25) is 0 Å². The number of rotatable bonds is 5. The predicted octanol–water partition coefficient (Wildman–Crippen LogP) is 3.65. The molecule has 0 fully saturated rings. The number of nitrogens with zero attached hydrogens (tertiary/aromatic N) is 3. The van der Waals surface area contributed by atoms with Crippen LogP contribution in [0, 0.1) is 11.3 Å². The molecule has 21 heavy (non-hydrogen) atoms. The lowest BCUT2D eigenvalue weighted by molar-refractivity contribution is 0.829. The van der Waals surface area contributed by atoms with E-state index in [2.05, 4.69) is 40.6 Å². The van der Waals surface area contributed by atoms with Gasteiger partial charge in [0, 0.05) is 0 Å². The van der Waals surface area contributed by atoms with Crippen LogP contribution in [0.5, 0.6) is 0 Å². The average molecular weight is 280 g/mol. The van der Waals surface area contributed by atoms with E-state index in [9.17, 15) is 5.26 Å². The number of nitriles is 1. The van der Waals surface area contributed by atoms with E-state index in [0.717, 1.165) is 29.7 Å². The van der Waals surface area contributed by atoms with Crippen LogP contribution in [-0.4, -0.2) is 10.2 Å². The number of aromatic nitrogens is 2. The lowest BCUT2D eigenvalue weighted by Crippen LogP contribution is -2.13. The first kappa shape index (κ1) is 15.0. The Labute approximate surface area is 125 Å². The van der Waals surface area contributed by atoms with Crippen molar-refractivity contribution in [2.24, 2.45) is 0 Å². The van der Waals surface area contributed by atoms with Gasteiger partial charge in [0.15, 0.2) is 5.82 Å². The normalized spacial score (nSPS) is 11.7. The van der Waals surface area contributed by atoms with Crippen molar-refractivity contribution in [2.45, 2.75) is 39.7 Å². The molecule has 1 aromatic heterocycles. The van der Waals surface area contributed by atoms with Crippen LogP contribution >= 0.6 is 0 Å². The summed E-state index contributed by atoms with van der Waals surface area (Å²) in [4.78, 5) is 0. The molecule has 0 spiro atoms. The van der Waals surface area contributed by atoms with Gasteiger partial charge in [-0.2, -0.15) is 10.4 Å². The molecule has 1 N–H and O–H groups in total.